The second-order valence-corrected chi connectivity index (χ2v) is 6.21. The van der Waals surface area contributed by atoms with Crippen LogP contribution >= 0.6 is 0 Å². The van der Waals surface area contributed by atoms with Crippen LogP contribution in [0.3, 0.4) is 0 Å². The maximum absolute atomic E-state index is 14.2. The molecule has 0 spiro atoms. The van der Waals surface area contributed by atoms with Gasteiger partial charge in [0.05, 0.1) is 24.3 Å². The summed E-state index contributed by atoms with van der Waals surface area (Å²) in [6, 6.07) is 11.4. The molecule has 1 atom stereocenters. The molecular formula is C20H20FNO4. The fourth-order valence-corrected chi connectivity index (χ4v) is 3.00. The van der Waals surface area contributed by atoms with Gasteiger partial charge in [-0.25, -0.2) is 9.18 Å². The van der Waals surface area contributed by atoms with Gasteiger partial charge in [0.15, 0.2) is 0 Å². The van der Waals surface area contributed by atoms with E-state index < -0.39 is 17.7 Å². The number of aromatic carboxylic acids is 1. The van der Waals surface area contributed by atoms with Gasteiger partial charge in [0.25, 0.3) is 5.91 Å². The number of nitrogens with zero attached hydrogens (tertiary/aromatic N) is 1. The largest absolute Gasteiger partial charge is 0.478 e. The first-order valence-corrected chi connectivity index (χ1v) is 8.52. The van der Waals surface area contributed by atoms with Gasteiger partial charge < -0.3 is 14.7 Å². The van der Waals surface area contributed by atoms with Crippen molar-refractivity contribution in [3.05, 3.63) is 70.5 Å². The van der Waals surface area contributed by atoms with Crippen molar-refractivity contribution < 1.29 is 23.8 Å². The van der Waals surface area contributed by atoms with Crippen LogP contribution in [0.15, 0.2) is 42.5 Å². The van der Waals surface area contributed by atoms with E-state index in [4.69, 9.17) is 9.84 Å². The summed E-state index contributed by atoms with van der Waals surface area (Å²) in [5, 5.41) is 8.91. The van der Waals surface area contributed by atoms with E-state index in [0.717, 1.165) is 18.1 Å². The quantitative estimate of drug-likeness (QED) is 0.912. The zero-order valence-electron chi connectivity index (χ0n) is 14.4. The molecule has 0 aliphatic carbocycles. The van der Waals surface area contributed by atoms with Gasteiger partial charge in [-0.1, -0.05) is 31.2 Å². The minimum Gasteiger partial charge on any atom is -0.478 e. The topological polar surface area (TPSA) is 66.8 Å². The molecule has 0 bridgehead atoms. The van der Waals surface area contributed by atoms with E-state index in [1.165, 1.54) is 17.7 Å². The molecule has 1 amide bonds. The molecule has 136 valence electrons. The molecule has 0 saturated carbocycles. The lowest BCUT2D eigenvalue weighted by Crippen LogP contribution is -2.42. The maximum Gasteiger partial charge on any atom is 0.335 e. The van der Waals surface area contributed by atoms with Crippen molar-refractivity contribution in [3.8, 4) is 0 Å². The van der Waals surface area contributed by atoms with Crippen molar-refractivity contribution in [2.45, 2.75) is 19.4 Å². The van der Waals surface area contributed by atoms with E-state index in [1.54, 1.807) is 4.90 Å². The lowest BCUT2D eigenvalue weighted by Gasteiger charge is -2.33. The Kier molecular flexibility index (Phi) is 5.32. The SMILES string of the molecule is CCc1ccc(C2CN(C(=O)c3ccc(C(=O)O)cc3F)CCO2)cc1. The zero-order valence-corrected chi connectivity index (χ0v) is 14.4. The molecule has 6 heteroatoms. The molecule has 0 aromatic heterocycles. The maximum atomic E-state index is 14.2. The van der Waals surface area contributed by atoms with Crippen molar-refractivity contribution in [2.24, 2.45) is 0 Å². The second-order valence-electron chi connectivity index (χ2n) is 6.21. The fourth-order valence-electron chi connectivity index (χ4n) is 3.00. The molecule has 2 aromatic rings. The van der Waals surface area contributed by atoms with Crippen LogP contribution in [0.4, 0.5) is 4.39 Å². The molecule has 26 heavy (non-hydrogen) atoms. The number of hydrogen-bond acceptors (Lipinski definition) is 3. The Bertz CT molecular complexity index is 819. The van der Waals surface area contributed by atoms with Gasteiger partial charge in [-0.05, 0) is 35.7 Å². The van der Waals surface area contributed by atoms with Crippen LogP contribution in [0.2, 0.25) is 0 Å². The van der Waals surface area contributed by atoms with Gasteiger partial charge >= 0.3 is 5.97 Å². The summed E-state index contributed by atoms with van der Waals surface area (Å²) >= 11 is 0. The molecular weight excluding hydrogens is 337 g/mol. The van der Waals surface area contributed by atoms with Gasteiger partial charge in [0, 0.05) is 6.54 Å². The Balaban J connectivity index is 1.76. The number of carbonyl (C=O) groups is 2. The van der Waals surface area contributed by atoms with E-state index in [2.05, 4.69) is 6.92 Å². The number of aryl methyl sites for hydroxylation is 1. The number of carbonyl (C=O) groups excluding carboxylic acids is 1. The van der Waals surface area contributed by atoms with Crippen molar-refractivity contribution in [1.29, 1.82) is 0 Å². The van der Waals surface area contributed by atoms with Crippen LogP contribution in [0.5, 0.6) is 0 Å². The highest BCUT2D eigenvalue weighted by Gasteiger charge is 2.27. The van der Waals surface area contributed by atoms with Crippen LogP contribution in [0.25, 0.3) is 0 Å². The van der Waals surface area contributed by atoms with Crippen molar-refractivity contribution in [2.75, 3.05) is 19.7 Å². The Hall–Kier alpha value is -2.73. The van der Waals surface area contributed by atoms with Gasteiger partial charge in [-0.15, -0.1) is 0 Å². The lowest BCUT2D eigenvalue weighted by molar-refractivity contribution is -0.0229. The first kappa shape index (κ1) is 18.1. The van der Waals surface area contributed by atoms with Crippen LogP contribution in [0.1, 0.15) is 44.9 Å². The molecule has 1 fully saturated rings. The Morgan fingerprint density at radius 2 is 1.96 bits per heavy atom. The lowest BCUT2D eigenvalue weighted by atomic mass is 10.0. The van der Waals surface area contributed by atoms with E-state index in [-0.39, 0.29) is 17.2 Å². The summed E-state index contributed by atoms with van der Waals surface area (Å²) in [6.07, 6.45) is 0.683. The number of amides is 1. The first-order chi connectivity index (χ1) is 12.5. The highest BCUT2D eigenvalue weighted by atomic mass is 19.1. The third-order valence-electron chi connectivity index (χ3n) is 4.56. The summed E-state index contributed by atoms with van der Waals surface area (Å²) in [5.41, 5.74) is 1.88. The number of carboxylic acid groups (broad SMARTS) is 1. The molecule has 2 aromatic carbocycles. The highest BCUT2D eigenvalue weighted by molar-refractivity contribution is 5.96. The minimum absolute atomic E-state index is 0.128. The molecule has 1 aliphatic heterocycles. The van der Waals surface area contributed by atoms with Gasteiger partial charge in [-0.3, -0.25) is 4.79 Å². The number of rotatable bonds is 4. The van der Waals surface area contributed by atoms with Crippen LogP contribution in [-0.2, 0) is 11.2 Å². The first-order valence-electron chi connectivity index (χ1n) is 8.52. The summed E-state index contributed by atoms with van der Waals surface area (Å²) in [6.45, 7) is 3.13. The summed E-state index contributed by atoms with van der Waals surface area (Å²) in [4.78, 5) is 25.1. The Labute approximate surface area is 151 Å². The van der Waals surface area contributed by atoms with E-state index in [9.17, 15) is 14.0 Å². The highest BCUT2D eigenvalue weighted by Crippen LogP contribution is 2.24. The molecule has 5 nitrogen and oxygen atoms in total. The molecule has 0 radical (unpaired) electrons. The number of morpholine rings is 1. The normalized spacial score (nSPS) is 17.2. The van der Waals surface area contributed by atoms with Crippen molar-refractivity contribution in [3.63, 3.8) is 0 Å². The molecule has 3 rings (SSSR count). The van der Waals surface area contributed by atoms with Crippen molar-refractivity contribution >= 4 is 11.9 Å². The monoisotopic (exact) mass is 357 g/mol. The summed E-state index contributed by atoms with van der Waals surface area (Å²) < 4.78 is 19.9. The minimum atomic E-state index is -1.23. The van der Waals surface area contributed by atoms with Gasteiger partial charge in [-0.2, -0.15) is 0 Å². The average Bonchev–Trinajstić information content (AvgIpc) is 2.67. The molecule has 1 unspecified atom stereocenters. The van der Waals surface area contributed by atoms with Crippen molar-refractivity contribution in [1.82, 2.24) is 4.90 Å². The Morgan fingerprint density at radius 1 is 1.23 bits per heavy atom. The number of ether oxygens (including phenoxy) is 1. The third-order valence-corrected chi connectivity index (χ3v) is 4.56. The van der Waals surface area contributed by atoms with Crippen LogP contribution < -0.4 is 0 Å². The molecule has 1 N–H and O–H groups in total. The number of carboxylic acids is 1. The average molecular weight is 357 g/mol. The van der Waals surface area contributed by atoms with Gasteiger partial charge in [0.2, 0.25) is 0 Å². The smallest absolute Gasteiger partial charge is 0.335 e. The predicted octanol–water partition coefficient (Wildman–Crippen LogP) is 3.30. The standard InChI is InChI=1S/C20H20FNO4/c1-2-13-3-5-14(6-4-13)18-12-22(9-10-26-18)19(23)16-8-7-15(20(24)25)11-17(16)21/h3-8,11,18H,2,9-10,12H2,1H3,(H,24,25). The van der Waals surface area contributed by atoms with E-state index in [1.807, 2.05) is 24.3 Å². The van der Waals surface area contributed by atoms with Crippen LogP contribution in [-0.4, -0.2) is 41.6 Å². The fraction of sp³-hybridized carbons (Fsp3) is 0.300. The predicted molar refractivity (Wildman–Crippen MR) is 93.8 cm³/mol. The summed E-state index contributed by atoms with van der Waals surface area (Å²) in [7, 11) is 0. The number of halogens is 1. The zero-order chi connectivity index (χ0) is 18.7. The van der Waals surface area contributed by atoms with Crippen LogP contribution in [0, 0.1) is 5.82 Å². The van der Waals surface area contributed by atoms with Gasteiger partial charge in [0.1, 0.15) is 11.9 Å². The number of hydrogen-bond donors (Lipinski definition) is 1. The third kappa shape index (κ3) is 3.75. The number of benzene rings is 2. The molecule has 1 aliphatic rings. The van der Waals surface area contributed by atoms with E-state index in [0.29, 0.717) is 19.7 Å². The Morgan fingerprint density at radius 3 is 2.58 bits per heavy atom. The summed E-state index contributed by atoms with van der Waals surface area (Å²) in [5.74, 6) is -2.52. The van der Waals surface area contributed by atoms with E-state index >= 15 is 0 Å². The molecule has 1 heterocycles. The molecule has 1 saturated heterocycles. The second kappa shape index (κ2) is 7.66.